The summed E-state index contributed by atoms with van der Waals surface area (Å²) in [6.07, 6.45) is 1.55. The zero-order valence-electron chi connectivity index (χ0n) is 17.4. The minimum Gasteiger partial charge on any atom is -0.496 e. The molecule has 0 atom stereocenters. The Bertz CT molecular complexity index is 1040. The molecule has 162 valence electrons. The topological polar surface area (TPSA) is 83.8 Å². The predicted molar refractivity (Wildman–Crippen MR) is 122 cm³/mol. The van der Waals surface area contributed by atoms with Crippen molar-refractivity contribution in [2.24, 2.45) is 0 Å². The summed E-state index contributed by atoms with van der Waals surface area (Å²) >= 11 is 3.46. The molecule has 0 aliphatic rings. The van der Waals surface area contributed by atoms with Crippen LogP contribution in [0.5, 0.6) is 5.75 Å². The van der Waals surface area contributed by atoms with E-state index < -0.39 is 0 Å². The smallest absolute Gasteiger partial charge is 0.253 e. The van der Waals surface area contributed by atoms with Gasteiger partial charge < -0.3 is 19.8 Å². The predicted octanol–water partition coefficient (Wildman–Crippen LogP) is 4.05. The van der Waals surface area contributed by atoms with Crippen molar-refractivity contribution < 1.29 is 18.7 Å². The van der Waals surface area contributed by atoms with Gasteiger partial charge in [0.05, 0.1) is 37.7 Å². The van der Waals surface area contributed by atoms with Crippen LogP contribution in [0.4, 0.5) is 5.69 Å². The number of rotatable bonds is 9. The minimum absolute atomic E-state index is 0.151. The molecule has 1 heterocycles. The van der Waals surface area contributed by atoms with Gasteiger partial charge in [-0.3, -0.25) is 14.5 Å². The lowest BCUT2D eigenvalue weighted by Gasteiger charge is -2.19. The van der Waals surface area contributed by atoms with E-state index in [1.54, 1.807) is 49.8 Å². The average Bonchev–Trinajstić information content (AvgIpc) is 3.26. The number of ether oxygens (including phenoxy) is 1. The number of hydrogen-bond donors (Lipinski definition) is 2. The van der Waals surface area contributed by atoms with Crippen molar-refractivity contribution in [3.8, 4) is 5.75 Å². The Labute approximate surface area is 189 Å². The summed E-state index contributed by atoms with van der Waals surface area (Å²) < 4.78 is 11.6. The van der Waals surface area contributed by atoms with E-state index in [-0.39, 0.29) is 24.9 Å². The summed E-state index contributed by atoms with van der Waals surface area (Å²) in [5.41, 5.74) is 1.81. The van der Waals surface area contributed by atoms with Crippen LogP contribution in [-0.4, -0.2) is 37.4 Å². The highest BCUT2D eigenvalue weighted by Gasteiger charge is 2.15. The number of benzene rings is 2. The number of halogens is 1. The van der Waals surface area contributed by atoms with Gasteiger partial charge in [0, 0.05) is 16.6 Å². The second-order valence-electron chi connectivity index (χ2n) is 6.98. The van der Waals surface area contributed by atoms with Crippen molar-refractivity contribution >= 4 is 33.4 Å². The number of carbonyl (C=O) groups excluding carboxylic acids is 2. The average molecular weight is 486 g/mol. The van der Waals surface area contributed by atoms with E-state index >= 15 is 0 Å². The van der Waals surface area contributed by atoms with Crippen LogP contribution in [0, 0.1) is 0 Å². The highest BCUT2D eigenvalue weighted by atomic mass is 79.9. The number of nitrogens with zero attached hydrogens (tertiary/aromatic N) is 1. The van der Waals surface area contributed by atoms with Crippen LogP contribution in [0.3, 0.4) is 0 Å². The third-order valence-corrected chi connectivity index (χ3v) is 5.04. The molecule has 3 aromatic rings. The zero-order valence-corrected chi connectivity index (χ0v) is 18.9. The molecule has 0 aliphatic heterocycles. The monoisotopic (exact) mass is 485 g/mol. The molecule has 7 nitrogen and oxygen atoms in total. The first-order valence-electron chi connectivity index (χ1n) is 9.66. The molecule has 0 radical (unpaired) electrons. The fraction of sp³-hybridized carbons (Fsp3) is 0.217. The van der Waals surface area contributed by atoms with Crippen LogP contribution in [0.1, 0.15) is 21.7 Å². The Kier molecular flexibility index (Phi) is 7.86. The summed E-state index contributed by atoms with van der Waals surface area (Å²) in [5.74, 6) is 0.899. The first-order chi connectivity index (χ1) is 15.0. The van der Waals surface area contributed by atoms with Crippen molar-refractivity contribution in [3.05, 3.63) is 82.2 Å². The molecule has 0 fully saturated rings. The molecule has 2 amide bonds. The summed E-state index contributed by atoms with van der Waals surface area (Å²) in [6, 6.07) is 16.2. The van der Waals surface area contributed by atoms with E-state index in [1.807, 2.05) is 30.1 Å². The van der Waals surface area contributed by atoms with E-state index in [9.17, 15) is 9.59 Å². The maximum atomic E-state index is 12.6. The van der Waals surface area contributed by atoms with E-state index in [2.05, 4.69) is 26.6 Å². The molecule has 0 unspecified atom stereocenters. The molecular weight excluding hydrogens is 462 g/mol. The van der Waals surface area contributed by atoms with Gasteiger partial charge in [-0.15, -0.1) is 0 Å². The minimum atomic E-state index is -0.292. The van der Waals surface area contributed by atoms with Gasteiger partial charge in [-0.05, 0) is 49.5 Å². The lowest BCUT2D eigenvalue weighted by Crippen LogP contribution is -2.31. The Morgan fingerprint density at radius 3 is 2.68 bits per heavy atom. The normalized spacial score (nSPS) is 10.7. The molecule has 0 aliphatic carbocycles. The Morgan fingerprint density at radius 1 is 1.13 bits per heavy atom. The van der Waals surface area contributed by atoms with Gasteiger partial charge in [0.25, 0.3) is 5.91 Å². The molecule has 1 aromatic heterocycles. The van der Waals surface area contributed by atoms with Gasteiger partial charge in [0.1, 0.15) is 11.5 Å². The van der Waals surface area contributed by atoms with Gasteiger partial charge in [-0.25, -0.2) is 0 Å². The van der Waals surface area contributed by atoms with E-state index in [1.165, 1.54) is 0 Å². The van der Waals surface area contributed by atoms with Gasteiger partial charge >= 0.3 is 0 Å². The fourth-order valence-electron chi connectivity index (χ4n) is 3.12. The number of amides is 2. The van der Waals surface area contributed by atoms with Crippen LogP contribution in [-0.2, 0) is 17.9 Å². The Morgan fingerprint density at radius 2 is 1.94 bits per heavy atom. The van der Waals surface area contributed by atoms with E-state index in [0.29, 0.717) is 23.6 Å². The molecule has 3 rings (SSSR count). The molecule has 0 spiro atoms. The lowest BCUT2D eigenvalue weighted by atomic mass is 10.1. The zero-order chi connectivity index (χ0) is 22.2. The van der Waals surface area contributed by atoms with Crippen LogP contribution < -0.4 is 15.4 Å². The van der Waals surface area contributed by atoms with Crippen LogP contribution in [0.2, 0.25) is 0 Å². The number of carbonyl (C=O) groups is 2. The molecule has 0 bridgehead atoms. The van der Waals surface area contributed by atoms with Crippen LogP contribution in [0.15, 0.2) is 69.8 Å². The summed E-state index contributed by atoms with van der Waals surface area (Å²) in [5, 5.41) is 5.63. The van der Waals surface area contributed by atoms with Crippen molar-refractivity contribution in [1.29, 1.82) is 0 Å². The van der Waals surface area contributed by atoms with Crippen molar-refractivity contribution in [1.82, 2.24) is 10.2 Å². The van der Waals surface area contributed by atoms with Crippen molar-refractivity contribution in [2.75, 3.05) is 26.0 Å². The highest BCUT2D eigenvalue weighted by molar-refractivity contribution is 9.10. The quantitative estimate of drug-likeness (QED) is 0.477. The largest absolute Gasteiger partial charge is 0.496 e. The summed E-state index contributed by atoms with van der Waals surface area (Å²) in [6.45, 7) is 0.949. The van der Waals surface area contributed by atoms with Gasteiger partial charge in [-0.2, -0.15) is 0 Å². The van der Waals surface area contributed by atoms with Gasteiger partial charge in [0.2, 0.25) is 5.91 Å². The molecular formula is C23H24BrN3O4. The Balaban J connectivity index is 1.60. The SMILES string of the molecule is COc1ccc(Br)cc1CN(C)CC(=O)Nc1ccccc1C(=O)NCc1ccco1. The molecule has 0 saturated carbocycles. The second-order valence-corrected chi connectivity index (χ2v) is 7.90. The highest BCUT2D eigenvalue weighted by Crippen LogP contribution is 2.24. The second kappa shape index (κ2) is 10.8. The number of methoxy groups -OCH3 is 1. The molecule has 8 heteroatoms. The Hall–Kier alpha value is -3.10. The maximum absolute atomic E-state index is 12.6. The third kappa shape index (κ3) is 6.44. The molecule has 0 saturated heterocycles. The standard InChI is InChI=1S/C23H24BrN3O4/c1-27(14-16-12-17(24)9-10-21(16)30-2)15-22(28)26-20-8-4-3-7-19(20)23(29)25-13-18-6-5-11-31-18/h3-12H,13-15H2,1-2H3,(H,25,29)(H,26,28). The molecule has 2 aromatic carbocycles. The maximum Gasteiger partial charge on any atom is 0.253 e. The first-order valence-corrected chi connectivity index (χ1v) is 10.5. The number of nitrogens with one attached hydrogen (secondary N) is 2. The molecule has 31 heavy (non-hydrogen) atoms. The number of para-hydroxylation sites is 1. The number of anilines is 1. The number of likely N-dealkylation sites (N-methyl/N-ethyl adjacent to an activating group) is 1. The molecule has 2 N–H and O–H groups in total. The van der Waals surface area contributed by atoms with Crippen LogP contribution in [0.25, 0.3) is 0 Å². The number of hydrogen-bond acceptors (Lipinski definition) is 5. The van der Waals surface area contributed by atoms with Crippen molar-refractivity contribution in [2.45, 2.75) is 13.1 Å². The van der Waals surface area contributed by atoms with E-state index in [0.717, 1.165) is 15.8 Å². The lowest BCUT2D eigenvalue weighted by molar-refractivity contribution is -0.117. The number of furan rings is 1. The van der Waals surface area contributed by atoms with Gasteiger partial charge in [-0.1, -0.05) is 28.1 Å². The van der Waals surface area contributed by atoms with Crippen LogP contribution >= 0.6 is 15.9 Å². The fourth-order valence-corrected chi connectivity index (χ4v) is 3.53. The van der Waals surface area contributed by atoms with E-state index in [4.69, 9.17) is 9.15 Å². The third-order valence-electron chi connectivity index (χ3n) is 4.55. The summed E-state index contributed by atoms with van der Waals surface area (Å²) in [4.78, 5) is 27.1. The van der Waals surface area contributed by atoms with Gasteiger partial charge in [0.15, 0.2) is 0 Å². The first kappa shape index (κ1) is 22.6. The summed E-state index contributed by atoms with van der Waals surface area (Å²) in [7, 11) is 3.47. The van der Waals surface area contributed by atoms with Crippen molar-refractivity contribution in [3.63, 3.8) is 0 Å².